The van der Waals surface area contributed by atoms with Gasteiger partial charge in [0.2, 0.25) is 0 Å². The summed E-state index contributed by atoms with van der Waals surface area (Å²) in [7, 11) is 0. The first kappa shape index (κ1) is 12.3. The minimum atomic E-state index is 0.0948. The van der Waals surface area contributed by atoms with E-state index in [2.05, 4.69) is 25.8 Å². The monoisotopic (exact) mass is 250 g/mol. The van der Waals surface area contributed by atoms with Crippen molar-refractivity contribution < 1.29 is 0 Å². The first-order valence-electron chi connectivity index (χ1n) is 5.82. The average Bonchev–Trinajstić information content (AvgIpc) is 2.59. The van der Waals surface area contributed by atoms with Crippen LogP contribution in [0.15, 0.2) is 16.5 Å². The molecule has 0 N–H and O–H groups in total. The van der Waals surface area contributed by atoms with Crippen molar-refractivity contribution in [2.75, 3.05) is 0 Å². The van der Waals surface area contributed by atoms with Crippen LogP contribution in [-0.4, -0.2) is 9.55 Å². The van der Waals surface area contributed by atoms with Crippen molar-refractivity contribution in [3.63, 3.8) is 0 Å². The Hall–Kier alpha value is -1.16. The lowest BCUT2D eigenvalue weighted by atomic mass is 9.92. The SMILES string of the molecule is Cc1csc2c(=O)n(CCC(C)(C)C)cnc12. The number of aryl methyl sites for hydroxylation is 2. The van der Waals surface area contributed by atoms with Crippen LogP contribution in [-0.2, 0) is 6.54 Å². The molecule has 3 nitrogen and oxygen atoms in total. The van der Waals surface area contributed by atoms with Crippen molar-refractivity contribution in [3.8, 4) is 0 Å². The topological polar surface area (TPSA) is 34.9 Å². The number of fused-ring (bicyclic) bond motifs is 1. The van der Waals surface area contributed by atoms with E-state index < -0.39 is 0 Å². The molecular weight excluding hydrogens is 232 g/mol. The number of nitrogens with zero attached hydrogens (tertiary/aromatic N) is 2. The number of rotatable bonds is 2. The fourth-order valence-electron chi connectivity index (χ4n) is 1.68. The van der Waals surface area contributed by atoms with Gasteiger partial charge in [0, 0.05) is 6.54 Å². The van der Waals surface area contributed by atoms with Gasteiger partial charge in [-0.3, -0.25) is 9.36 Å². The van der Waals surface area contributed by atoms with Crippen LogP contribution in [0, 0.1) is 12.3 Å². The first-order chi connectivity index (χ1) is 7.88. The zero-order valence-corrected chi connectivity index (χ0v) is 11.6. The van der Waals surface area contributed by atoms with Gasteiger partial charge in [-0.15, -0.1) is 11.3 Å². The van der Waals surface area contributed by atoms with Crippen molar-refractivity contribution >= 4 is 21.6 Å². The molecule has 2 heterocycles. The van der Waals surface area contributed by atoms with Crippen LogP contribution in [0.4, 0.5) is 0 Å². The van der Waals surface area contributed by atoms with Gasteiger partial charge in [0.1, 0.15) is 4.70 Å². The summed E-state index contributed by atoms with van der Waals surface area (Å²) < 4.78 is 2.50. The molecule has 0 saturated heterocycles. The van der Waals surface area contributed by atoms with Crippen molar-refractivity contribution in [1.82, 2.24) is 9.55 Å². The molecule has 0 fully saturated rings. The van der Waals surface area contributed by atoms with Crippen LogP contribution in [0.5, 0.6) is 0 Å². The molecule has 4 heteroatoms. The number of aromatic nitrogens is 2. The maximum Gasteiger partial charge on any atom is 0.271 e. The Bertz CT molecular complexity index is 589. The van der Waals surface area contributed by atoms with E-state index in [1.165, 1.54) is 11.3 Å². The van der Waals surface area contributed by atoms with Gasteiger partial charge in [0.25, 0.3) is 5.56 Å². The third-order valence-electron chi connectivity index (χ3n) is 2.83. The van der Waals surface area contributed by atoms with E-state index in [1.54, 1.807) is 10.9 Å². The fourth-order valence-corrected chi connectivity index (χ4v) is 2.63. The van der Waals surface area contributed by atoms with Gasteiger partial charge >= 0.3 is 0 Å². The molecule has 2 aromatic heterocycles. The molecule has 0 aliphatic carbocycles. The van der Waals surface area contributed by atoms with E-state index >= 15 is 0 Å². The van der Waals surface area contributed by atoms with Gasteiger partial charge in [-0.25, -0.2) is 4.98 Å². The summed E-state index contributed by atoms with van der Waals surface area (Å²) in [5.74, 6) is 0. The van der Waals surface area contributed by atoms with E-state index in [1.807, 2.05) is 12.3 Å². The first-order valence-corrected chi connectivity index (χ1v) is 6.70. The van der Waals surface area contributed by atoms with Crippen molar-refractivity contribution in [1.29, 1.82) is 0 Å². The molecule has 0 radical (unpaired) electrons. The lowest BCUT2D eigenvalue weighted by Gasteiger charge is -2.18. The molecule has 2 aromatic rings. The van der Waals surface area contributed by atoms with E-state index in [9.17, 15) is 4.79 Å². The van der Waals surface area contributed by atoms with Crippen LogP contribution in [0.3, 0.4) is 0 Å². The summed E-state index contributed by atoms with van der Waals surface area (Å²) >= 11 is 1.49. The second-order valence-electron chi connectivity index (χ2n) is 5.65. The summed E-state index contributed by atoms with van der Waals surface area (Å²) in [6.07, 6.45) is 2.65. The Kier molecular flexibility index (Phi) is 3.08. The second-order valence-corrected chi connectivity index (χ2v) is 6.53. The van der Waals surface area contributed by atoms with E-state index in [0.29, 0.717) is 0 Å². The molecular formula is C13H18N2OS. The predicted octanol–water partition coefficient (Wildman–Crippen LogP) is 3.20. The Morgan fingerprint density at radius 2 is 2.12 bits per heavy atom. The van der Waals surface area contributed by atoms with Crippen LogP contribution >= 0.6 is 11.3 Å². The molecule has 0 unspecified atom stereocenters. The summed E-state index contributed by atoms with van der Waals surface area (Å²) in [6, 6.07) is 0. The maximum absolute atomic E-state index is 12.2. The molecule has 0 spiro atoms. The molecule has 0 aliphatic rings. The Balaban J connectivity index is 2.37. The highest BCUT2D eigenvalue weighted by Crippen LogP contribution is 2.21. The number of thiophene rings is 1. The number of hydrogen-bond acceptors (Lipinski definition) is 3. The highest BCUT2D eigenvalue weighted by molar-refractivity contribution is 7.17. The van der Waals surface area contributed by atoms with Gasteiger partial charge in [0.05, 0.1) is 11.8 Å². The lowest BCUT2D eigenvalue weighted by molar-refractivity contribution is 0.347. The zero-order valence-electron chi connectivity index (χ0n) is 10.8. The molecule has 17 heavy (non-hydrogen) atoms. The van der Waals surface area contributed by atoms with Gasteiger partial charge in [-0.05, 0) is 29.7 Å². The molecule has 0 amide bonds. The summed E-state index contributed by atoms with van der Waals surface area (Å²) in [6.45, 7) is 9.27. The van der Waals surface area contributed by atoms with Gasteiger partial charge in [0.15, 0.2) is 0 Å². The Labute approximate surface area is 105 Å². The third-order valence-corrected chi connectivity index (χ3v) is 3.90. The molecule has 0 aromatic carbocycles. The Morgan fingerprint density at radius 1 is 1.41 bits per heavy atom. The van der Waals surface area contributed by atoms with Crippen molar-refractivity contribution in [3.05, 3.63) is 27.6 Å². The van der Waals surface area contributed by atoms with Crippen molar-refractivity contribution in [2.45, 2.75) is 40.7 Å². The Morgan fingerprint density at radius 3 is 2.76 bits per heavy atom. The normalized spacial score (nSPS) is 12.2. The van der Waals surface area contributed by atoms with E-state index in [0.717, 1.165) is 28.7 Å². The largest absolute Gasteiger partial charge is 0.298 e. The van der Waals surface area contributed by atoms with Crippen LogP contribution in [0.2, 0.25) is 0 Å². The summed E-state index contributed by atoms with van der Waals surface area (Å²) in [4.78, 5) is 16.6. The zero-order chi connectivity index (χ0) is 12.6. The lowest BCUT2D eigenvalue weighted by Crippen LogP contribution is -2.22. The summed E-state index contributed by atoms with van der Waals surface area (Å²) in [5, 5.41) is 1.99. The molecule has 92 valence electrons. The highest BCUT2D eigenvalue weighted by Gasteiger charge is 2.12. The minimum absolute atomic E-state index is 0.0948. The summed E-state index contributed by atoms with van der Waals surface area (Å²) in [5.41, 5.74) is 2.27. The molecule has 0 aliphatic heterocycles. The quantitative estimate of drug-likeness (QED) is 0.820. The van der Waals surface area contributed by atoms with Crippen LogP contribution in [0.1, 0.15) is 32.8 Å². The number of hydrogen-bond donors (Lipinski definition) is 0. The molecule has 0 bridgehead atoms. The maximum atomic E-state index is 12.2. The molecule has 2 rings (SSSR count). The van der Waals surface area contributed by atoms with Crippen LogP contribution < -0.4 is 5.56 Å². The second kappa shape index (κ2) is 4.26. The molecule has 0 saturated carbocycles. The minimum Gasteiger partial charge on any atom is -0.298 e. The third kappa shape index (κ3) is 2.57. The predicted molar refractivity (Wildman–Crippen MR) is 72.7 cm³/mol. The van der Waals surface area contributed by atoms with Crippen LogP contribution in [0.25, 0.3) is 10.2 Å². The smallest absolute Gasteiger partial charge is 0.271 e. The van der Waals surface area contributed by atoms with Gasteiger partial charge < -0.3 is 0 Å². The molecule has 0 atom stereocenters. The average molecular weight is 250 g/mol. The van der Waals surface area contributed by atoms with Gasteiger partial charge in [-0.2, -0.15) is 0 Å². The van der Waals surface area contributed by atoms with E-state index in [-0.39, 0.29) is 11.0 Å². The van der Waals surface area contributed by atoms with E-state index in [4.69, 9.17) is 0 Å². The van der Waals surface area contributed by atoms with Crippen molar-refractivity contribution in [2.24, 2.45) is 5.41 Å². The fraction of sp³-hybridized carbons (Fsp3) is 0.538. The highest BCUT2D eigenvalue weighted by atomic mass is 32.1. The standard InChI is InChI=1S/C13H18N2OS/c1-9-7-17-11-10(9)14-8-15(12(11)16)6-5-13(2,3)4/h7-8H,5-6H2,1-4H3. The van der Waals surface area contributed by atoms with Gasteiger partial charge in [-0.1, -0.05) is 20.8 Å².